The first-order valence-electron chi connectivity index (χ1n) is 12.2. The Morgan fingerprint density at radius 2 is 1.79 bits per heavy atom. The van der Waals surface area contributed by atoms with Crippen molar-refractivity contribution in [2.75, 3.05) is 13.7 Å². The average Bonchev–Trinajstić information content (AvgIpc) is 3.25. The van der Waals surface area contributed by atoms with E-state index < -0.39 is 10.7 Å². The van der Waals surface area contributed by atoms with Crippen LogP contribution in [-0.4, -0.2) is 35.2 Å². The second-order valence-electron chi connectivity index (χ2n) is 9.46. The lowest BCUT2D eigenvalue weighted by Crippen LogP contribution is -2.54. The van der Waals surface area contributed by atoms with Crippen molar-refractivity contribution >= 4 is 22.5 Å². The van der Waals surface area contributed by atoms with Crippen LogP contribution < -0.4 is 0 Å². The first kappa shape index (κ1) is 24.0. The van der Waals surface area contributed by atoms with E-state index >= 15 is 0 Å². The SMILES string of the molecule is CCCCOC1=C(c2c[nH]c3ccccc23)N=C(OCc2ccccc2)C(CC(C)C)[N+]1(C)[O-]. The number of aromatic amines is 1. The van der Waals surface area contributed by atoms with Gasteiger partial charge in [0.1, 0.15) is 6.61 Å². The number of aliphatic imine (C=N–C) groups is 1. The van der Waals surface area contributed by atoms with Gasteiger partial charge in [-0.1, -0.05) is 75.7 Å². The van der Waals surface area contributed by atoms with E-state index in [9.17, 15) is 5.21 Å². The van der Waals surface area contributed by atoms with Gasteiger partial charge in [-0.2, -0.15) is 0 Å². The van der Waals surface area contributed by atoms with Crippen LogP contribution in [0.25, 0.3) is 16.6 Å². The molecule has 1 aromatic heterocycles. The molecule has 0 amide bonds. The molecule has 4 rings (SSSR count). The van der Waals surface area contributed by atoms with Crippen molar-refractivity contribution in [1.29, 1.82) is 0 Å². The lowest BCUT2D eigenvalue weighted by molar-refractivity contribution is -0.855. The highest BCUT2D eigenvalue weighted by molar-refractivity contribution is 5.97. The quantitative estimate of drug-likeness (QED) is 0.222. The average molecular weight is 462 g/mol. The number of quaternary nitrogens is 1. The van der Waals surface area contributed by atoms with Crippen LogP contribution >= 0.6 is 0 Å². The topological polar surface area (TPSA) is 69.7 Å². The van der Waals surface area contributed by atoms with E-state index in [0.29, 0.717) is 43.0 Å². The number of fused-ring (bicyclic) bond motifs is 1. The molecular weight excluding hydrogens is 426 g/mol. The first-order chi connectivity index (χ1) is 16.4. The highest BCUT2D eigenvalue weighted by atomic mass is 16.6. The van der Waals surface area contributed by atoms with Gasteiger partial charge in [-0.05, 0) is 24.0 Å². The molecule has 0 saturated carbocycles. The second-order valence-corrected chi connectivity index (χ2v) is 9.46. The zero-order valence-corrected chi connectivity index (χ0v) is 20.6. The number of benzene rings is 2. The van der Waals surface area contributed by atoms with Crippen molar-refractivity contribution in [1.82, 2.24) is 4.98 Å². The van der Waals surface area contributed by atoms with E-state index in [0.717, 1.165) is 34.9 Å². The van der Waals surface area contributed by atoms with Crippen LogP contribution in [0.2, 0.25) is 0 Å². The van der Waals surface area contributed by atoms with E-state index in [4.69, 9.17) is 14.5 Å². The zero-order chi connectivity index (χ0) is 24.1. The van der Waals surface area contributed by atoms with Gasteiger partial charge in [-0.15, -0.1) is 0 Å². The van der Waals surface area contributed by atoms with Crippen LogP contribution in [0.15, 0.2) is 71.7 Å². The third-order valence-electron chi connectivity index (χ3n) is 6.21. The first-order valence-corrected chi connectivity index (χ1v) is 12.2. The highest BCUT2D eigenvalue weighted by Crippen LogP contribution is 2.39. The summed E-state index contributed by atoms with van der Waals surface area (Å²) in [5.41, 5.74) is 3.43. The minimum atomic E-state index is -0.676. The molecule has 3 aromatic rings. The minimum absolute atomic E-state index is 0.299. The van der Waals surface area contributed by atoms with Crippen LogP contribution in [0.4, 0.5) is 0 Å². The van der Waals surface area contributed by atoms with Crippen molar-refractivity contribution in [2.45, 2.75) is 52.7 Å². The molecule has 34 heavy (non-hydrogen) atoms. The van der Waals surface area contributed by atoms with Crippen molar-refractivity contribution in [3.05, 3.63) is 83.0 Å². The van der Waals surface area contributed by atoms with Gasteiger partial charge >= 0.3 is 5.88 Å². The Morgan fingerprint density at radius 1 is 1.06 bits per heavy atom. The van der Waals surface area contributed by atoms with Crippen LogP contribution in [0.5, 0.6) is 0 Å². The normalized spacial score (nSPS) is 20.6. The molecule has 0 spiro atoms. The van der Waals surface area contributed by atoms with E-state index in [1.54, 1.807) is 7.05 Å². The maximum atomic E-state index is 14.4. The standard InChI is InChI=1S/C28H35N3O3/c1-5-6-16-33-28-26(23-18-29-24-15-11-10-14-22(23)24)30-27(25(17-20(2)3)31(28,4)32)34-19-21-12-8-7-9-13-21/h7-15,18,20,25,29H,5-6,16-17,19H2,1-4H3. The Bertz CT molecular complexity index is 1160. The third-order valence-corrected chi connectivity index (χ3v) is 6.21. The van der Waals surface area contributed by atoms with E-state index in [1.165, 1.54) is 0 Å². The smallest absolute Gasteiger partial charge is 0.319 e. The predicted octanol–water partition coefficient (Wildman–Crippen LogP) is 6.60. The molecule has 0 saturated heterocycles. The minimum Gasteiger partial charge on any atom is -0.625 e. The molecule has 1 N–H and O–H groups in total. The van der Waals surface area contributed by atoms with Crippen molar-refractivity contribution < 1.29 is 14.1 Å². The fraction of sp³-hybridized carbons (Fsp3) is 0.393. The van der Waals surface area contributed by atoms with Gasteiger partial charge in [0.15, 0.2) is 11.7 Å². The summed E-state index contributed by atoms with van der Waals surface area (Å²) >= 11 is 0. The number of rotatable bonds is 9. The molecule has 0 radical (unpaired) electrons. The predicted molar refractivity (Wildman–Crippen MR) is 138 cm³/mol. The molecule has 2 unspecified atom stereocenters. The maximum Gasteiger partial charge on any atom is 0.319 e. The van der Waals surface area contributed by atoms with Crippen LogP contribution in [-0.2, 0) is 16.1 Å². The number of unbranched alkanes of at least 4 members (excludes halogenated alkanes) is 1. The van der Waals surface area contributed by atoms with Gasteiger partial charge in [0.05, 0.1) is 13.7 Å². The number of hydrogen-bond donors (Lipinski definition) is 1. The molecule has 2 atom stereocenters. The summed E-state index contributed by atoms with van der Waals surface area (Å²) in [6.45, 7) is 7.19. The molecule has 0 bridgehead atoms. The van der Waals surface area contributed by atoms with Crippen LogP contribution in [0, 0.1) is 11.1 Å². The number of aromatic nitrogens is 1. The van der Waals surface area contributed by atoms with Crippen molar-refractivity contribution in [3.63, 3.8) is 0 Å². The molecular formula is C28H35N3O3. The second kappa shape index (κ2) is 10.5. The van der Waals surface area contributed by atoms with E-state index in [2.05, 4.69) is 25.8 Å². The number of para-hydroxylation sites is 1. The fourth-order valence-corrected chi connectivity index (χ4v) is 4.36. The van der Waals surface area contributed by atoms with Gasteiger partial charge in [-0.25, -0.2) is 4.99 Å². The number of likely N-dealkylation sites (N-methyl/N-ethyl adjacent to an activating group) is 1. The van der Waals surface area contributed by atoms with Crippen LogP contribution in [0.1, 0.15) is 51.2 Å². The molecule has 2 heterocycles. The molecule has 0 aliphatic carbocycles. The number of nitrogens with one attached hydrogen (secondary N) is 1. The summed E-state index contributed by atoms with van der Waals surface area (Å²) in [6, 6.07) is 17.5. The van der Waals surface area contributed by atoms with Gasteiger partial charge in [0, 0.05) is 29.1 Å². The summed E-state index contributed by atoms with van der Waals surface area (Å²) in [5.74, 6) is 1.13. The molecule has 6 nitrogen and oxygen atoms in total. The van der Waals surface area contributed by atoms with E-state index in [-0.39, 0.29) is 0 Å². The largest absolute Gasteiger partial charge is 0.625 e. The number of nitrogens with zero attached hydrogens (tertiary/aromatic N) is 2. The van der Waals surface area contributed by atoms with Crippen molar-refractivity contribution in [3.8, 4) is 0 Å². The van der Waals surface area contributed by atoms with Crippen molar-refractivity contribution in [2.24, 2.45) is 10.9 Å². The highest BCUT2D eigenvalue weighted by Gasteiger charge is 2.43. The zero-order valence-electron chi connectivity index (χ0n) is 20.6. The molecule has 1 aliphatic rings. The Kier molecular flexibility index (Phi) is 7.39. The fourth-order valence-electron chi connectivity index (χ4n) is 4.36. The maximum absolute atomic E-state index is 14.4. The van der Waals surface area contributed by atoms with Gasteiger partial charge in [0.25, 0.3) is 5.90 Å². The summed E-state index contributed by atoms with van der Waals surface area (Å²) in [7, 11) is 1.67. The molecule has 6 heteroatoms. The number of hydroxylamine groups is 3. The number of ether oxygens (including phenoxy) is 2. The number of hydrogen-bond acceptors (Lipinski definition) is 4. The summed E-state index contributed by atoms with van der Waals surface area (Å²) in [5, 5.41) is 15.4. The third kappa shape index (κ3) is 5.03. The lowest BCUT2D eigenvalue weighted by atomic mass is 9.99. The molecule has 0 fully saturated rings. The van der Waals surface area contributed by atoms with Gasteiger partial charge < -0.3 is 19.7 Å². The Hall–Kier alpha value is -3.09. The van der Waals surface area contributed by atoms with E-state index in [1.807, 2.05) is 60.8 Å². The molecule has 180 valence electrons. The van der Waals surface area contributed by atoms with Crippen LogP contribution in [0.3, 0.4) is 0 Å². The summed E-state index contributed by atoms with van der Waals surface area (Å²) in [4.78, 5) is 8.30. The summed E-state index contributed by atoms with van der Waals surface area (Å²) in [6.07, 6.45) is 4.42. The Labute approximate surface area is 202 Å². The molecule has 1 aliphatic heterocycles. The number of H-pyrrole nitrogens is 1. The lowest BCUT2D eigenvalue weighted by Gasteiger charge is -2.47. The van der Waals surface area contributed by atoms with Gasteiger partial charge in [-0.3, -0.25) is 4.65 Å². The van der Waals surface area contributed by atoms with Gasteiger partial charge in [0.2, 0.25) is 0 Å². The molecule has 2 aromatic carbocycles. The Balaban J connectivity index is 1.82. The monoisotopic (exact) mass is 461 g/mol. The Morgan fingerprint density at radius 3 is 2.53 bits per heavy atom. The summed E-state index contributed by atoms with van der Waals surface area (Å²) < 4.78 is 11.8.